The molecule has 3 heterocycles. The van der Waals surface area contributed by atoms with Gasteiger partial charge in [0.1, 0.15) is 16.9 Å². The zero-order valence-electron chi connectivity index (χ0n) is 17.4. The van der Waals surface area contributed by atoms with Crippen LogP contribution in [-0.2, 0) is 7.05 Å². The number of likely N-dealkylation sites (N-methyl/N-ethyl adjacent to an activating group) is 1. The van der Waals surface area contributed by atoms with Crippen LogP contribution in [0.1, 0.15) is 18.9 Å². The van der Waals surface area contributed by atoms with Crippen LogP contribution in [0.15, 0.2) is 48.7 Å². The summed E-state index contributed by atoms with van der Waals surface area (Å²) in [5.41, 5.74) is 3.85. The van der Waals surface area contributed by atoms with Crippen molar-refractivity contribution in [1.29, 1.82) is 0 Å². The normalized spacial score (nSPS) is 14.6. The Hall–Kier alpha value is -2.83. The number of benzene rings is 2. The second kappa shape index (κ2) is 8.36. The highest BCUT2D eigenvalue weighted by atomic mass is 35.5. The zero-order chi connectivity index (χ0) is 20.8. The van der Waals surface area contributed by atoms with Crippen LogP contribution in [0.3, 0.4) is 0 Å². The first kappa shape index (κ1) is 21.4. The number of halogens is 3. The summed E-state index contributed by atoms with van der Waals surface area (Å²) >= 11 is 0. The highest BCUT2D eigenvalue weighted by molar-refractivity contribution is 5.88. The van der Waals surface area contributed by atoms with E-state index in [2.05, 4.69) is 28.0 Å². The smallest absolute Gasteiger partial charge is 0.151 e. The second-order valence-electron chi connectivity index (χ2n) is 7.80. The molecule has 0 radical (unpaired) electrons. The van der Waals surface area contributed by atoms with Crippen molar-refractivity contribution >= 4 is 39.8 Å². The molecule has 2 aromatic carbocycles. The van der Waals surface area contributed by atoms with Gasteiger partial charge in [-0.25, -0.2) is 13.8 Å². The predicted molar refractivity (Wildman–Crippen MR) is 123 cm³/mol. The van der Waals surface area contributed by atoms with Crippen LogP contribution in [0.4, 0.5) is 8.78 Å². The Morgan fingerprint density at radius 3 is 2.45 bits per heavy atom. The molecule has 2 aromatic heterocycles. The molecular weight excluding hydrogens is 418 g/mol. The molecule has 4 nitrogen and oxygen atoms in total. The Kier molecular flexibility index (Phi) is 5.77. The number of rotatable bonds is 3. The summed E-state index contributed by atoms with van der Waals surface area (Å²) < 4.78 is 31.0. The van der Waals surface area contributed by atoms with Gasteiger partial charge in [0.05, 0.1) is 5.69 Å². The van der Waals surface area contributed by atoms with Gasteiger partial charge < -0.3 is 0 Å². The minimum Gasteiger partial charge on any atom is -0.300 e. The summed E-state index contributed by atoms with van der Waals surface area (Å²) in [5.74, 6) is -0.766. The van der Waals surface area contributed by atoms with Crippen LogP contribution in [0.5, 0.6) is 0 Å². The molecule has 0 fully saturated rings. The van der Waals surface area contributed by atoms with Gasteiger partial charge in [-0.1, -0.05) is 19.1 Å². The molecule has 0 bridgehead atoms. The third kappa shape index (κ3) is 3.93. The van der Waals surface area contributed by atoms with Gasteiger partial charge in [-0.3, -0.25) is 9.58 Å². The van der Waals surface area contributed by atoms with Gasteiger partial charge in [-0.05, 0) is 54.4 Å². The maximum atomic E-state index is 15.0. The van der Waals surface area contributed by atoms with Crippen molar-refractivity contribution in [3.05, 3.63) is 65.9 Å². The number of fused-ring (bicyclic) bond motifs is 2. The summed E-state index contributed by atoms with van der Waals surface area (Å²) in [6.07, 6.45) is 4.85. The van der Waals surface area contributed by atoms with E-state index in [1.54, 1.807) is 24.0 Å². The van der Waals surface area contributed by atoms with E-state index in [-0.39, 0.29) is 18.2 Å². The minimum atomic E-state index is -0.411. The third-order valence-corrected chi connectivity index (χ3v) is 5.83. The lowest BCUT2D eigenvalue weighted by Gasteiger charge is -2.25. The molecule has 5 rings (SSSR count). The monoisotopic (exact) mass is 440 g/mol. The molecule has 31 heavy (non-hydrogen) atoms. The van der Waals surface area contributed by atoms with Crippen LogP contribution in [0.25, 0.3) is 38.6 Å². The number of hydrogen-bond acceptors (Lipinski definition) is 3. The average molecular weight is 441 g/mol. The molecule has 0 amide bonds. The third-order valence-electron chi connectivity index (χ3n) is 5.83. The van der Waals surface area contributed by atoms with Crippen LogP contribution in [0, 0.1) is 11.6 Å². The number of pyridine rings is 1. The maximum absolute atomic E-state index is 15.0. The van der Waals surface area contributed by atoms with Crippen LogP contribution in [-0.4, -0.2) is 39.3 Å². The minimum absolute atomic E-state index is 0. The molecule has 0 aliphatic carbocycles. The molecule has 0 spiro atoms. The number of hydrogen-bond donors (Lipinski definition) is 0. The SMILES string of the molecule is CCN1CC=C(c2cc(F)c3nc(-c4cc(F)c5nn(C)cc5c4)ccc3c2)CC1.Cl. The van der Waals surface area contributed by atoms with Crippen molar-refractivity contribution in [3.63, 3.8) is 0 Å². The Balaban J connectivity index is 0.00000231. The average Bonchev–Trinajstić information content (AvgIpc) is 3.14. The fourth-order valence-electron chi connectivity index (χ4n) is 4.16. The van der Waals surface area contributed by atoms with E-state index in [4.69, 9.17) is 0 Å². The molecule has 0 saturated heterocycles. The number of aryl methyl sites for hydroxylation is 1. The fourth-order valence-corrected chi connectivity index (χ4v) is 4.16. The zero-order valence-corrected chi connectivity index (χ0v) is 18.2. The van der Waals surface area contributed by atoms with Gasteiger partial charge >= 0.3 is 0 Å². The summed E-state index contributed by atoms with van der Waals surface area (Å²) in [4.78, 5) is 6.87. The Morgan fingerprint density at radius 2 is 1.71 bits per heavy atom. The van der Waals surface area contributed by atoms with Gasteiger partial charge in [0.25, 0.3) is 0 Å². The Labute approximate surface area is 185 Å². The molecule has 1 aliphatic heterocycles. The van der Waals surface area contributed by atoms with E-state index in [0.29, 0.717) is 27.7 Å². The molecule has 0 N–H and O–H groups in total. The largest absolute Gasteiger partial charge is 0.300 e. The number of nitrogens with zero attached hydrogens (tertiary/aromatic N) is 4. The molecule has 0 atom stereocenters. The lowest BCUT2D eigenvalue weighted by molar-refractivity contribution is 0.318. The molecule has 160 valence electrons. The van der Waals surface area contributed by atoms with E-state index in [0.717, 1.165) is 37.0 Å². The van der Waals surface area contributed by atoms with Crippen molar-refractivity contribution in [2.24, 2.45) is 7.05 Å². The van der Waals surface area contributed by atoms with Gasteiger partial charge in [0, 0.05) is 42.7 Å². The van der Waals surface area contributed by atoms with E-state index >= 15 is 0 Å². The van der Waals surface area contributed by atoms with Crippen molar-refractivity contribution < 1.29 is 8.78 Å². The van der Waals surface area contributed by atoms with E-state index < -0.39 is 5.82 Å². The maximum Gasteiger partial charge on any atom is 0.151 e. The molecular formula is C24H23ClF2N4. The summed E-state index contributed by atoms with van der Waals surface area (Å²) in [6.45, 7) is 5.05. The van der Waals surface area contributed by atoms with Gasteiger partial charge in [-0.2, -0.15) is 5.10 Å². The van der Waals surface area contributed by atoms with Crippen molar-refractivity contribution in [3.8, 4) is 11.3 Å². The first-order chi connectivity index (χ1) is 14.5. The van der Waals surface area contributed by atoms with Crippen LogP contribution in [0.2, 0.25) is 0 Å². The standard InChI is InChI=1S/C24H22F2N4.ClH/c1-3-30-8-6-15(7-9-30)17-10-16-4-5-22(27-23(16)20(25)12-17)18-11-19-14-29(2)28-24(19)21(26)13-18;/h4-6,10-14H,3,7-9H2,1-2H3;1H. The number of aromatic nitrogens is 3. The Bertz CT molecular complexity index is 1310. The van der Waals surface area contributed by atoms with E-state index in [9.17, 15) is 8.78 Å². The quantitative estimate of drug-likeness (QED) is 0.416. The molecule has 0 unspecified atom stereocenters. The summed E-state index contributed by atoms with van der Waals surface area (Å²) in [5, 5.41) is 5.56. The summed E-state index contributed by atoms with van der Waals surface area (Å²) in [7, 11) is 1.75. The van der Waals surface area contributed by atoms with Crippen LogP contribution < -0.4 is 0 Å². The van der Waals surface area contributed by atoms with Crippen molar-refractivity contribution in [1.82, 2.24) is 19.7 Å². The first-order valence-corrected chi connectivity index (χ1v) is 10.2. The fraction of sp³-hybridized carbons (Fsp3) is 0.250. The molecule has 0 saturated carbocycles. The van der Waals surface area contributed by atoms with Gasteiger partial charge in [0.2, 0.25) is 0 Å². The molecule has 4 aromatic rings. The highest BCUT2D eigenvalue weighted by Gasteiger charge is 2.15. The lowest BCUT2D eigenvalue weighted by Crippen LogP contribution is -2.28. The van der Waals surface area contributed by atoms with Gasteiger partial charge in [0.15, 0.2) is 5.82 Å². The molecule has 7 heteroatoms. The van der Waals surface area contributed by atoms with E-state index in [1.165, 1.54) is 11.6 Å². The van der Waals surface area contributed by atoms with Gasteiger partial charge in [-0.15, -0.1) is 12.4 Å². The first-order valence-electron chi connectivity index (χ1n) is 10.2. The van der Waals surface area contributed by atoms with Crippen molar-refractivity contribution in [2.45, 2.75) is 13.3 Å². The van der Waals surface area contributed by atoms with Crippen molar-refractivity contribution in [2.75, 3.05) is 19.6 Å². The second-order valence-corrected chi connectivity index (χ2v) is 7.80. The predicted octanol–water partition coefficient (Wildman–Crippen LogP) is 5.60. The Morgan fingerprint density at radius 1 is 0.968 bits per heavy atom. The lowest BCUT2D eigenvalue weighted by atomic mass is 9.97. The topological polar surface area (TPSA) is 34.0 Å². The highest BCUT2D eigenvalue weighted by Crippen LogP contribution is 2.30. The van der Waals surface area contributed by atoms with Crippen LogP contribution >= 0.6 is 12.4 Å². The van der Waals surface area contributed by atoms with E-state index in [1.807, 2.05) is 24.3 Å². The summed E-state index contributed by atoms with van der Waals surface area (Å²) in [6, 6.07) is 10.5. The molecule has 1 aliphatic rings.